The summed E-state index contributed by atoms with van der Waals surface area (Å²) in [5, 5.41) is 0. The molecule has 2 aliphatic heterocycles. The van der Waals surface area contributed by atoms with E-state index >= 15 is 0 Å². The van der Waals surface area contributed by atoms with Crippen LogP contribution in [0.3, 0.4) is 0 Å². The van der Waals surface area contributed by atoms with Crippen molar-refractivity contribution >= 4 is 5.91 Å². The molecule has 3 heteroatoms. The van der Waals surface area contributed by atoms with Gasteiger partial charge in [-0.25, -0.2) is 0 Å². The molecule has 0 aromatic heterocycles. The Morgan fingerprint density at radius 3 is 2.71 bits per heavy atom. The second kappa shape index (κ2) is 3.23. The molecular formula is C11H17NO2. The molecule has 3 nitrogen and oxygen atoms in total. The van der Waals surface area contributed by atoms with Crippen molar-refractivity contribution in [2.75, 3.05) is 6.61 Å². The van der Waals surface area contributed by atoms with Crippen LogP contribution in [0, 0.1) is 0 Å². The largest absolute Gasteiger partial charge is 0.366 e. The van der Waals surface area contributed by atoms with Gasteiger partial charge in [0.1, 0.15) is 0 Å². The summed E-state index contributed by atoms with van der Waals surface area (Å²) in [6.45, 7) is 0.782. The summed E-state index contributed by atoms with van der Waals surface area (Å²) in [4.78, 5) is 13.9. The maximum absolute atomic E-state index is 11.7. The van der Waals surface area contributed by atoms with E-state index in [0.29, 0.717) is 12.1 Å². The normalized spacial score (nSPS) is 38.3. The standard InChI is InChI=1S/C11H17NO2/c13-11-10-9(6-7-14-10)12(11)8-4-2-1-3-5-8/h8-10H,1-7H2/t9-,10+/m1/s1. The van der Waals surface area contributed by atoms with Crippen LogP contribution in [-0.2, 0) is 9.53 Å². The lowest BCUT2D eigenvalue weighted by Crippen LogP contribution is -2.66. The highest BCUT2D eigenvalue weighted by molar-refractivity contribution is 5.89. The Morgan fingerprint density at radius 2 is 1.93 bits per heavy atom. The molecule has 3 aliphatic rings. The molecule has 0 unspecified atom stereocenters. The summed E-state index contributed by atoms with van der Waals surface area (Å²) in [5.41, 5.74) is 0. The van der Waals surface area contributed by atoms with Crippen LogP contribution >= 0.6 is 0 Å². The maximum atomic E-state index is 11.7. The van der Waals surface area contributed by atoms with Gasteiger partial charge in [-0.05, 0) is 19.3 Å². The molecule has 1 amide bonds. The van der Waals surface area contributed by atoms with Crippen LogP contribution in [-0.4, -0.2) is 35.6 Å². The van der Waals surface area contributed by atoms with E-state index in [-0.39, 0.29) is 12.0 Å². The fraction of sp³-hybridized carbons (Fsp3) is 0.909. The number of likely N-dealkylation sites (tertiary alicyclic amines) is 1. The predicted octanol–water partition coefficient (Wildman–Crippen LogP) is 1.32. The Bertz CT molecular complexity index is 248. The average Bonchev–Trinajstić information content (AvgIpc) is 2.63. The Balaban J connectivity index is 1.69. The van der Waals surface area contributed by atoms with Gasteiger partial charge in [0.15, 0.2) is 6.10 Å². The summed E-state index contributed by atoms with van der Waals surface area (Å²) < 4.78 is 5.39. The summed E-state index contributed by atoms with van der Waals surface area (Å²) in [5.74, 6) is 0.263. The molecular weight excluding hydrogens is 178 g/mol. The second-order valence-corrected chi connectivity index (χ2v) is 4.68. The predicted molar refractivity (Wildman–Crippen MR) is 51.9 cm³/mol. The van der Waals surface area contributed by atoms with Gasteiger partial charge < -0.3 is 9.64 Å². The first-order valence-electron chi connectivity index (χ1n) is 5.82. The fourth-order valence-electron chi connectivity index (χ4n) is 3.14. The van der Waals surface area contributed by atoms with Crippen molar-refractivity contribution in [3.05, 3.63) is 0 Å². The molecule has 0 aromatic carbocycles. The third kappa shape index (κ3) is 1.11. The van der Waals surface area contributed by atoms with Gasteiger partial charge in [0.2, 0.25) is 0 Å². The number of rotatable bonds is 1. The maximum Gasteiger partial charge on any atom is 0.254 e. The van der Waals surface area contributed by atoms with Crippen LogP contribution in [0.2, 0.25) is 0 Å². The van der Waals surface area contributed by atoms with Gasteiger partial charge >= 0.3 is 0 Å². The number of carbonyl (C=O) groups excluding carboxylic acids is 1. The molecule has 2 saturated heterocycles. The number of β-lactam (4-membered cyclic amide) rings is 1. The lowest BCUT2D eigenvalue weighted by atomic mass is 9.87. The zero-order chi connectivity index (χ0) is 9.54. The molecule has 3 rings (SSSR count). The van der Waals surface area contributed by atoms with E-state index in [4.69, 9.17) is 4.74 Å². The first kappa shape index (κ1) is 8.72. The molecule has 0 spiro atoms. The van der Waals surface area contributed by atoms with Crippen LogP contribution in [0.15, 0.2) is 0 Å². The number of amides is 1. The first-order chi connectivity index (χ1) is 6.88. The highest BCUT2D eigenvalue weighted by atomic mass is 16.5. The van der Waals surface area contributed by atoms with E-state index in [1.54, 1.807) is 0 Å². The monoisotopic (exact) mass is 195 g/mol. The Labute approximate surface area is 84.4 Å². The van der Waals surface area contributed by atoms with Crippen molar-refractivity contribution in [1.82, 2.24) is 4.90 Å². The van der Waals surface area contributed by atoms with E-state index in [1.807, 2.05) is 0 Å². The number of ether oxygens (including phenoxy) is 1. The number of nitrogens with zero attached hydrogens (tertiary/aromatic N) is 1. The van der Waals surface area contributed by atoms with Gasteiger partial charge in [0, 0.05) is 12.6 Å². The minimum absolute atomic E-state index is 0.0584. The third-order valence-corrected chi connectivity index (χ3v) is 3.88. The SMILES string of the molecule is O=C1[C@H]2OCC[C@H]2N1C1CCCCC1. The lowest BCUT2D eigenvalue weighted by Gasteiger charge is -2.48. The van der Waals surface area contributed by atoms with Crippen LogP contribution in [0.5, 0.6) is 0 Å². The second-order valence-electron chi connectivity index (χ2n) is 4.68. The quantitative estimate of drug-likeness (QED) is 0.590. The number of fused-ring (bicyclic) bond motifs is 1. The highest BCUT2D eigenvalue weighted by Crippen LogP contribution is 2.37. The number of hydrogen-bond donors (Lipinski definition) is 0. The zero-order valence-electron chi connectivity index (χ0n) is 8.45. The van der Waals surface area contributed by atoms with Crippen LogP contribution in [0.25, 0.3) is 0 Å². The topological polar surface area (TPSA) is 29.5 Å². The zero-order valence-corrected chi connectivity index (χ0v) is 8.45. The van der Waals surface area contributed by atoms with E-state index < -0.39 is 0 Å². The Kier molecular flexibility index (Phi) is 2.01. The molecule has 1 aliphatic carbocycles. The van der Waals surface area contributed by atoms with Gasteiger partial charge in [0.25, 0.3) is 5.91 Å². The summed E-state index contributed by atoms with van der Waals surface area (Å²) in [7, 11) is 0. The molecule has 78 valence electrons. The van der Waals surface area contributed by atoms with E-state index in [9.17, 15) is 4.79 Å². The minimum atomic E-state index is -0.0584. The van der Waals surface area contributed by atoms with Crippen molar-refractivity contribution in [2.45, 2.75) is 56.7 Å². The molecule has 1 saturated carbocycles. The van der Waals surface area contributed by atoms with Crippen LogP contribution in [0.4, 0.5) is 0 Å². The fourth-order valence-corrected chi connectivity index (χ4v) is 3.14. The first-order valence-corrected chi connectivity index (χ1v) is 5.82. The Morgan fingerprint density at radius 1 is 1.14 bits per heavy atom. The van der Waals surface area contributed by atoms with E-state index in [0.717, 1.165) is 13.0 Å². The molecule has 0 aromatic rings. The van der Waals surface area contributed by atoms with Crippen LogP contribution in [0.1, 0.15) is 38.5 Å². The molecule has 3 fully saturated rings. The Hall–Kier alpha value is -0.570. The highest BCUT2D eigenvalue weighted by Gasteiger charge is 2.53. The molecule has 0 radical (unpaired) electrons. The van der Waals surface area contributed by atoms with Crippen molar-refractivity contribution < 1.29 is 9.53 Å². The van der Waals surface area contributed by atoms with Gasteiger partial charge in [-0.3, -0.25) is 4.79 Å². The van der Waals surface area contributed by atoms with Crippen molar-refractivity contribution in [1.29, 1.82) is 0 Å². The van der Waals surface area contributed by atoms with E-state index in [2.05, 4.69) is 4.90 Å². The summed E-state index contributed by atoms with van der Waals surface area (Å²) in [6, 6.07) is 0.977. The number of hydrogen-bond acceptors (Lipinski definition) is 2. The smallest absolute Gasteiger partial charge is 0.254 e. The van der Waals surface area contributed by atoms with Gasteiger partial charge in [-0.1, -0.05) is 19.3 Å². The van der Waals surface area contributed by atoms with Crippen molar-refractivity contribution in [3.8, 4) is 0 Å². The third-order valence-electron chi connectivity index (χ3n) is 3.88. The summed E-state index contributed by atoms with van der Waals surface area (Å²) >= 11 is 0. The number of carbonyl (C=O) groups is 1. The van der Waals surface area contributed by atoms with Gasteiger partial charge in [-0.15, -0.1) is 0 Å². The van der Waals surface area contributed by atoms with Gasteiger partial charge in [-0.2, -0.15) is 0 Å². The average molecular weight is 195 g/mol. The van der Waals surface area contributed by atoms with Crippen LogP contribution < -0.4 is 0 Å². The molecule has 0 N–H and O–H groups in total. The minimum Gasteiger partial charge on any atom is -0.366 e. The molecule has 14 heavy (non-hydrogen) atoms. The van der Waals surface area contributed by atoms with Crippen molar-refractivity contribution in [2.24, 2.45) is 0 Å². The van der Waals surface area contributed by atoms with Gasteiger partial charge in [0.05, 0.1) is 6.04 Å². The summed E-state index contributed by atoms with van der Waals surface area (Å²) in [6.07, 6.45) is 7.39. The molecule has 2 atom stereocenters. The van der Waals surface area contributed by atoms with E-state index in [1.165, 1.54) is 32.1 Å². The lowest BCUT2D eigenvalue weighted by molar-refractivity contribution is -0.167. The molecule has 2 heterocycles. The van der Waals surface area contributed by atoms with Crippen molar-refractivity contribution in [3.63, 3.8) is 0 Å². The molecule has 0 bridgehead atoms.